The van der Waals surface area contributed by atoms with Gasteiger partial charge in [0, 0.05) is 6.07 Å². The van der Waals surface area contributed by atoms with Crippen molar-refractivity contribution in [2.75, 3.05) is 6.54 Å². The Morgan fingerprint density at radius 3 is 2.71 bits per heavy atom. The van der Waals surface area contributed by atoms with Crippen molar-refractivity contribution in [1.29, 1.82) is 0 Å². The number of hydrogen-bond donors (Lipinski definition) is 2. The first kappa shape index (κ1) is 13.8. The lowest BCUT2D eigenvalue weighted by Crippen LogP contribution is -2.42. The summed E-state index contributed by atoms with van der Waals surface area (Å²) in [6.45, 7) is 1.90. The van der Waals surface area contributed by atoms with Crippen molar-refractivity contribution in [3.8, 4) is 0 Å². The molecule has 1 aliphatic carbocycles. The number of rotatable bonds is 5. The maximum absolute atomic E-state index is 12.0. The summed E-state index contributed by atoms with van der Waals surface area (Å²) in [6, 6.07) is 11.1. The molecule has 1 aromatic carbocycles. The number of hydrogen-bond acceptors (Lipinski definition) is 4. The highest BCUT2D eigenvalue weighted by Gasteiger charge is 2.45. The molecule has 110 valence electrons. The lowest BCUT2D eigenvalue weighted by atomic mass is 9.88. The minimum atomic E-state index is -1.02. The van der Waals surface area contributed by atoms with E-state index in [0.29, 0.717) is 5.76 Å². The average Bonchev–Trinajstić information content (AvgIpc) is 3.28. The predicted octanol–water partition coefficient (Wildman–Crippen LogP) is 2.01. The fraction of sp³-hybridized carbons (Fsp3) is 0.375. The first-order valence-corrected chi connectivity index (χ1v) is 7.09. The number of carbonyl (C=O) groups excluding carboxylic acids is 1. The van der Waals surface area contributed by atoms with Crippen molar-refractivity contribution in [3.05, 3.63) is 53.4 Å². The molecule has 2 N–H and O–H groups in total. The van der Waals surface area contributed by atoms with Gasteiger partial charge in [-0.3, -0.25) is 4.79 Å². The summed E-state index contributed by atoms with van der Waals surface area (Å²) < 4.78 is 4.89. The molecule has 1 fully saturated rings. The van der Waals surface area contributed by atoms with Crippen molar-refractivity contribution >= 4 is 5.91 Å². The predicted molar refractivity (Wildman–Crippen MR) is 76.6 cm³/mol. The van der Waals surface area contributed by atoms with Crippen molar-refractivity contribution < 1.29 is 14.4 Å². The molecule has 0 bridgehead atoms. The lowest BCUT2D eigenvalue weighted by molar-refractivity contribution is 0.0134. The maximum Gasteiger partial charge on any atom is 0.273 e. The van der Waals surface area contributed by atoms with E-state index >= 15 is 0 Å². The molecule has 1 amide bonds. The number of nitrogens with one attached hydrogen (secondary N) is 1. The average molecular weight is 286 g/mol. The van der Waals surface area contributed by atoms with Crippen LogP contribution in [0.2, 0.25) is 0 Å². The van der Waals surface area contributed by atoms with Crippen molar-refractivity contribution in [3.63, 3.8) is 0 Å². The third-order valence-corrected chi connectivity index (χ3v) is 3.91. The summed E-state index contributed by atoms with van der Waals surface area (Å²) in [6.07, 6.45) is 1.95. The highest BCUT2D eigenvalue weighted by molar-refractivity contribution is 5.92. The smallest absolute Gasteiger partial charge is 0.273 e. The van der Waals surface area contributed by atoms with Crippen LogP contribution in [0, 0.1) is 12.8 Å². The van der Waals surface area contributed by atoms with Gasteiger partial charge in [0.1, 0.15) is 11.4 Å². The summed E-state index contributed by atoms with van der Waals surface area (Å²) >= 11 is 0. The van der Waals surface area contributed by atoms with Gasteiger partial charge in [-0.05, 0) is 31.2 Å². The fourth-order valence-corrected chi connectivity index (χ4v) is 2.55. The molecule has 0 aliphatic heterocycles. The van der Waals surface area contributed by atoms with Crippen molar-refractivity contribution in [2.45, 2.75) is 25.4 Å². The summed E-state index contributed by atoms with van der Waals surface area (Å²) in [7, 11) is 0. The van der Waals surface area contributed by atoms with Gasteiger partial charge in [-0.1, -0.05) is 35.5 Å². The monoisotopic (exact) mass is 286 g/mol. The number of nitrogens with zero attached hydrogens (tertiary/aromatic N) is 1. The Hall–Kier alpha value is -2.14. The van der Waals surface area contributed by atoms with Crippen LogP contribution < -0.4 is 5.32 Å². The summed E-state index contributed by atoms with van der Waals surface area (Å²) in [5.41, 5.74) is 0.0539. The maximum atomic E-state index is 12.0. The minimum absolute atomic E-state index is 0.173. The Morgan fingerprint density at radius 2 is 2.14 bits per heavy atom. The second kappa shape index (κ2) is 5.33. The summed E-state index contributed by atoms with van der Waals surface area (Å²) in [5, 5.41) is 17.4. The molecule has 2 aromatic rings. The Bertz CT molecular complexity index is 634. The van der Waals surface area contributed by atoms with Gasteiger partial charge in [0.05, 0.1) is 6.54 Å². The third-order valence-electron chi connectivity index (χ3n) is 3.91. The van der Waals surface area contributed by atoms with Crippen LogP contribution in [0.3, 0.4) is 0 Å². The molecule has 1 aromatic heterocycles. The van der Waals surface area contributed by atoms with Crippen LogP contribution in [0.4, 0.5) is 0 Å². The first-order valence-electron chi connectivity index (χ1n) is 7.09. The molecule has 21 heavy (non-hydrogen) atoms. The first-order chi connectivity index (χ1) is 10.1. The number of carbonyl (C=O) groups is 1. The topological polar surface area (TPSA) is 75.4 Å². The number of benzene rings is 1. The van der Waals surface area contributed by atoms with Gasteiger partial charge in [-0.25, -0.2) is 0 Å². The van der Waals surface area contributed by atoms with Crippen LogP contribution in [0.25, 0.3) is 0 Å². The quantitative estimate of drug-likeness (QED) is 0.881. The van der Waals surface area contributed by atoms with Gasteiger partial charge in [0.15, 0.2) is 5.69 Å². The van der Waals surface area contributed by atoms with E-state index in [0.717, 1.165) is 18.4 Å². The van der Waals surface area contributed by atoms with Crippen molar-refractivity contribution in [2.24, 2.45) is 5.92 Å². The molecule has 0 saturated heterocycles. The molecule has 1 heterocycles. The van der Waals surface area contributed by atoms with E-state index < -0.39 is 5.60 Å². The van der Waals surface area contributed by atoms with E-state index in [1.165, 1.54) is 0 Å². The van der Waals surface area contributed by atoms with Gasteiger partial charge >= 0.3 is 0 Å². The second-order valence-electron chi connectivity index (χ2n) is 5.57. The van der Waals surface area contributed by atoms with Crippen LogP contribution in [0.1, 0.15) is 34.7 Å². The largest absolute Gasteiger partial charge is 0.383 e. The molecule has 3 rings (SSSR count). The Kier molecular flexibility index (Phi) is 3.51. The van der Waals surface area contributed by atoms with Gasteiger partial charge in [0.25, 0.3) is 5.91 Å². The van der Waals surface area contributed by atoms with E-state index in [-0.39, 0.29) is 24.1 Å². The van der Waals surface area contributed by atoms with E-state index in [9.17, 15) is 9.90 Å². The van der Waals surface area contributed by atoms with Gasteiger partial charge in [-0.15, -0.1) is 0 Å². The molecule has 0 radical (unpaired) electrons. The van der Waals surface area contributed by atoms with Crippen LogP contribution in [-0.2, 0) is 5.60 Å². The molecular formula is C16H18N2O3. The third kappa shape index (κ3) is 2.83. The molecule has 5 nitrogen and oxygen atoms in total. The molecular weight excluding hydrogens is 268 g/mol. The zero-order valence-electron chi connectivity index (χ0n) is 11.9. The zero-order chi connectivity index (χ0) is 14.9. The highest BCUT2D eigenvalue weighted by atomic mass is 16.5. The molecule has 1 atom stereocenters. The van der Waals surface area contributed by atoms with Crippen LogP contribution in [-0.4, -0.2) is 22.7 Å². The lowest BCUT2D eigenvalue weighted by Gasteiger charge is -2.29. The van der Waals surface area contributed by atoms with E-state index in [1.807, 2.05) is 30.3 Å². The normalized spacial score (nSPS) is 17.2. The van der Waals surface area contributed by atoms with Crippen LogP contribution >= 0.6 is 0 Å². The fourth-order valence-electron chi connectivity index (χ4n) is 2.55. The van der Waals surface area contributed by atoms with Crippen LogP contribution in [0.15, 0.2) is 40.9 Å². The zero-order valence-corrected chi connectivity index (χ0v) is 11.9. The highest BCUT2D eigenvalue weighted by Crippen LogP contribution is 2.45. The number of aryl methyl sites for hydroxylation is 1. The SMILES string of the molecule is Cc1cc(C(=O)NC[C@@](O)(c2ccccc2)C2CC2)no1. The number of aliphatic hydroxyl groups is 1. The van der Waals surface area contributed by atoms with Gasteiger partial charge < -0.3 is 14.9 Å². The number of amides is 1. The molecule has 1 aliphatic rings. The Labute approximate surface area is 123 Å². The molecule has 5 heteroatoms. The number of aromatic nitrogens is 1. The van der Waals surface area contributed by atoms with Gasteiger partial charge in [0.2, 0.25) is 0 Å². The molecule has 0 spiro atoms. The van der Waals surface area contributed by atoms with Crippen molar-refractivity contribution in [1.82, 2.24) is 10.5 Å². The summed E-state index contributed by atoms with van der Waals surface area (Å²) in [4.78, 5) is 12.0. The van der Waals surface area contributed by atoms with Gasteiger partial charge in [-0.2, -0.15) is 0 Å². The van der Waals surface area contributed by atoms with E-state index in [1.54, 1.807) is 13.0 Å². The second-order valence-corrected chi connectivity index (χ2v) is 5.57. The molecule has 0 unspecified atom stereocenters. The molecule has 1 saturated carbocycles. The van der Waals surface area contributed by atoms with E-state index in [2.05, 4.69) is 10.5 Å². The minimum Gasteiger partial charge on any atom is -0.383 e. The summed E-state index contributed by atoms with van der Waals surface area (Å²) in [5.74, 6) is 0.446. The van der Waals surface area contributed by atoms with Crippen LogP contribution in [0.5, 0.6) is 0 Å². The Balaban J connectivity index is 1.73. The standard InChI is InChI=1S/C16H18N2O3/c1-11-9-14(18-21-11)15(19)17-10-16(20,13-7-8-13)12-5-3-2-4-6-12/h2-6,9,13,20H,7-8,10H2,1H3,(H,17,19)/t16-/m1/s1. The van der Waals surface area contributed by atoms with E-state index in [4.69, 9.17) is 4.52 Å². The Morgan fingerprint density at radius 1 is 1.43 bits per heavy atom.